The average molecular weight is 166 g/mol. The average Bonchev–Trinajstić information content (AvgIpc) is 2.29. The van der Waals surface area contributed by atoms with Crippen LogP contribution in [0.15, 0.2) is 6.07 Å². The minimum atomic E-state index is 0.699. The second kappa shape index (κ2) is 3.74. The Bertz CT molecular complexity index is 248. The van der Waals surface area contributed by atoms with Crippen LogP contribution >= 0.6 is 0 Å². The van der Waals surface area contributed by atoms with Crippen molar-refractivity contribution in [3.63, 3.8) is 0 Å². The minimum absolute atomic E-state index is 0.699. The van der Waals surface area contributed by atoms with Crippen LogP contribution in [-0.2, 0) is 13.0 Å². The summed E-state index contributed by atoms with van der Waals surface area (Å²) in [6.07, 6.45) is 1.09. The molecular weight excluding hydrogens is 148 g/mol. The Morgan fingerprint density at radius 2 is 2.17 bits per heavy atom. The molecule has 0 bridgehead atoms. The Hall–Kier alpha value is -0.790. The molecule has 0 aliphatic carbocycles. The molecule has 0 spiro atoms. The first-order chi connectivity index (χ1) is 5.63. The lowest BCUT2D eigenvalue weighted by Crippen LogP contribution is -2.00. The molecule has 0 N–H and O–H groups in total. The van der Waals surface area contributed by atoms with E-state index in [2.05, 4.69) is 43.5 Å². The molecule has 0 saturated heterocycles. The molecule has 0 aromatic carbocycles. The van der Waals surface area contributed by atoms with Crippen molar-refractivity contribution < 1.29 is 0 Å². The lowest BCUT2D eigenvalue weighted by Gasteiger charge is -1.99. The van der Waals surface area contributed by atoms with Gasteiger partial charge < -0.3 is 0 Å². The van der Waals surface area contributed by atoms with Crippen LogP contribution in [0.25, 0.3) is 0 Å². The maximum absolute atomic E-state index is 4.49. The molecule has 12 heavy (non-hydrogen) atoms. The Morgan fingerprint density at radius 3 is 2.58 bits per heavy atom. The Kier molecular flexibility index (Phi) is 2.90. The number of nitrogens with zero attached hydrogens (tertiary/aromatic N) is 2. The Labute approximate surface area is 74.6 Å². The second-order valence-corrected chi connectivity index (χ2v) is 3.69. The number of hydrogen-bond acceptors (Lipinski definition) is 1. The van der Waals surface area contributed by atoms with E-state index in [9.17, 15) is 0 Å². The van der Waals surface area contributed by atoms with Crippen LogP contribution in [0.4, 0.5) is 0 Å². The molecule has 0 unspecified atom stereocenters. The molecule has 0 aliphatic heterocycles. The molecule has 1 aromatic rings. The highest BCUT2D eigenvalue weighted by molar-refractivity contribution is 5.09. The lowest BCUT2D eigenvalue weighted by molar-refractivity contribution is 0.593. The van der Waals surface area contributed by atoms with Crippen molar-refractivity contribution in [1.29, 1.82) is 0 Å². The smallest absolute Gasteiger partial charge is 0.0629 e. The molecule has 2 nitrogen and oxygen atoms in total. The van der Waals surface area contributed by atoms with E-state index in [0.717, 1.165) is 13.0 Å². The number of aromatic nitrogens is 2. The van der Waals surface area contributed by atoms with Gasteiger partial charge in [-0.25, -0.2) is 0 Å². The van der Waals surface area contributed by atoms with Crippen molar-refractivity contribution in [2.75, 3.05) is 0 Å². The van der Waals surface area contributed by atoms with Gasteiger partial charge in [-0.2, -0.15) is 5.10 Å². The van der Waals surface area contributed by atoms with Gasteiger partial charge in [0.05, 0.1) is 5.69 Å². The molecule has 0 aliphatic rings. The zero-order valence-corrected chi connectivity index (χ0v) is 8.46. The molecule has 1 heterocycles. The van der Waals surface area contributed by atoms with Gasteiger partial charge in [0.15, 0.2) is 0 Å². The third-order valence-corrected chi connectivity index (χ3v) is 1.95. The fourth-order valence-corrected chi connectivity index (χ4v) is 1.42. The van der Waals surface area contributed by atoms with E-state index in [0.29, 0.717) is 5.92 Å². The molecule has 1 aromatic heterocycles. The topological polar surface area (TPSA) is 17.8 Å². The SMILES string of the molecule is CCn1nc(CC(C)C)cc1C. The van der Waals surface area contributed by atoms with E-state index in [1.807, 2.05) is 0 Å². The van der Waals surface area contributed by atoms with Crippen LogP contribution in [-0.4, -0.2) is 9.78 Å². The monoisotopic (exact) mass is 166 g/mol. The molecule has 2 heteroatoms. The highest BCUT2D eigenvalue weighted by atomic mass is 15.3. The van der Waals surface area contributed by atoms with Crippen molar-refractivity contribution in [1.82, 2.24) is 9.78 Å². The first-order valence-electron chi connectivity index (χ1n) is 4.66. The Morgan fingerprint density at radius 1 is 1.50 bits per heavy atom. The van der Waals surface area contributed by atoms with Gasteiger partial charge in [0, 0.05) is 12.2 Å². The molecule has 1 rings (SSSR count). The fraction of sp³-hybridized carbons (Fsp3) is 0.700. The zero-order chi connectivity index (χ0) is 9.14. The Balaban J connectivity index is 2.75. The molecule has 0 radical (unpaired) electrons. The van der Waals surface area contributed by atoms with Crippen LogP contribution < -0.4 is 0 Å². The summed E-state index contributed by atoms with van der Waals surface area (Å²) in [7, 11) is 0. The first-order valence-corrected chi connectivity index (χ1v) is 4.66. The standard InChI is InChI=1S/C10H18N2/c1-5-12-9(4)7-10(11-12)6-8(2)3/h7-8H,5-6H2,1-4H3. The predicted molar refractivity (Wildman–Crippen MR) is 51.2 cm³/mol. The van der Waals surface area contributed by atoms with Gasteiger partial charge in [-0.3, -0.25) is 4.68 Å². The molecule has 0 atom stereocenters. The van der Waals surface area contributed by atoms with Crippen LogP contribution in [0.1, 0.15) is 32.2 Å². The van der Waals surface area contributed by atoms with E-state index >= 15 is 0 Å². The molecule has 68 valence electrons. The highest BCUT2D eigenvalue weighted by Gasteiger charge is 2.03. The third kappa shape index (κ3) is 2.10. The largest absolute Gasteiger partial charge is 0.270 e. The van der Waals surface area contributed by atoms with Gasteiger partial charge >= 0.3 is 0 Å². The van der Waals surface area contributed by atoms with Gasteiger partial charge in [-0.15, -0.1) is 0 Å². The lowest BCUT2D eigenvalue weighted by atomic mass is 10.1. The summed E-state index contributed by atoms with van der Waals surface area (Å²) < 4.78 is 2.05. The highest BCUT2D eigenvalue weighted by Crippen LogP contribution is 2.08. The summed E-state index contributed by atoms with van der Waals surface area (Å²) >= 11 is 0. The molecular formula is C10H18N2. The van der Waals surface area contributed by atoms with Gasteiger partial charge in [0.2, 0.25) is 0 Å². The van der Waals surface area contributed by atoms with Gasteiger partial charge in [0.25, 0.3) is 0 Å². The van der Waals surface area contributed by atoms with Gasteiger partial charge in [0.1, 0.15) is 0 Å². The summed E-state index contributed by atoms with van der Waals surface area (Å²) in [6.45, 7) is 9.66. The van der Waals surface area contributed by atoms with Crippen molar-refractivity contribution in [3.05, 3.63) is 17.5 Å². The van der Waals surface area contributed by atoms with Gasteiger partial charge in [-0.05, 0) is 32.3 Å². The normalized spacial score (nSPS) is 11.1. The summed E-state index contributed by atoms with van der Waals surface area (Å²) in [6, 6.07) is 2.18. The molecule has 0 fully saturated rings. The van der Waals surface area contributed by atoms with Crippen molar-refractivity contribution in [2.45, 2.75) is 40.7 Å². The van der Waals surface area contributed by atoms with Crippen LogP contribution in [0.2, 0.25) is 0 Å². The zero-order valence-electron chi connectivity index (χ0n) is 8.46. The predicted octanol–water partition coefficient (Wildman–Crippen LogP) is 2.41. The van der Waals surface area contributed by atoms with Crippen LogP contribution in [0.3, 0.4) is 0 Å². The number of rotatable bonds is 3. The first kappa shape index (κ1) is 9.30. The van der Waals surface area contributed by atoms with Crippen LogP contribution in [0.5, 0.6) is 0 Å². The molecule has 0 amide bonds. The van der Waals surface area contributed by atoms with Crippen molar-refractivity contribution in [3.8, 4) is 0 Å². The summed E-state index contributed by atoms with van der Waals surface area (Å²) in [4.78, 5) is 0. The van der Waals surface area contributed by atoms with E-state index in [-0.39, 0.29) is 0 Å². The van der Waals surface area contributed by atoms with Crippen molar-refractivity contribution in [2.24, 2.45) is 5.92 Å². The van der Waals surface area contributed by atoms with Crippen molar-refractivity contribution >= 4 is 0 Å². The second-order valence-electron chi connectivity index (χ2n) is 3.69. The third-order valence-electron chi connectivity index (χ3n) is 1.95. The van der Waals surface area contributed by atoms with Crippen LogP contribution in [0, 0.1) is 12.8 Å². The summed E-state index contributed by atoms with van der Waals surface area (Å²) in [5, 5.41) is 4.49. The fourth-order valence-electron chi connectivity index (χ4n) is 1.42. The quantitative estimate of drug-likeness (QED) is 0.674. The number of aryl methyl sites for hydroxylation is 2. The maximum atomic E-state index is 4.49. The minimum Gasteiger partial charge on any atom is -0.270 e. The van der Waals surface area contributed by atoms with E-state index in [1.54, 1.807) is 0 Å². The van der Waals surface area contributed by atoms with Gasteiger partial charge in [-0.1, -0.05) is 13.8 Å². The number of hydrogen-bond donors (Lipinski definition) is 0. The van der Waals surface area contributed by atoms with E-state index < -0.39 is 0 Å². The molecule has 0 saturated carbocycles. The maximum Gasteiger partial charge on any atom is 0.0629 e. The summed E-state index contributed by atoms with van der Waals surface area (Å²) in [5.74, 6) is 0.699. The van der Waals surface area contributed by atoms with E-state index in [1.165, 1.54) is 11.4 Å². The van der Waals surface area contributed by atoms with E-state index in [4.69, 9.17) is 0 Å². The summed E-state index contributed by atoms with van der Waals surface area (Å²) in [5.41, 5.74) is 2.50.